The largest absolute Gasteiger partial charge is 0.459 e. The number of hydrogen-bond acceptors (Lipinski definition) is 14. The molecule has 13 rings (SSSR count). The lowest BCUT2D eigenvalue weighted by atomic mass is 9.75. The summed E-state index contributed by atoms with van der Waals surface area (Å²) in [6.45, 7) is 13.1. The zero-order valence-electron chi connectivity index (χ0n) is 45.8. The zero-order valence-corrected chi connectivity index (χ0v) is 45.8. The smallest absolute Gasteiger partial charge is 0.339 e. The quantitative estimate of drug-likeness (QED) is 0.146. The first kappa shape index (κ1) is 53.3. The molecule has 10 aliphatic rings. The lowest BCUT2D eigenvalue weighted by molar-refractivity contribution is -0.316. The molecule has 3 aromatic carbocycles. The molecule has 0 aliphatic carbocycles. The third-order valence-corrected chi connectivity index (χ3v) is 19.3. The highest BCUT2D eigenvalue weighted by molar-refractivity contribution is 6.16. The van der Waals surface area contributed by atoms with Crippen LogP contribution >= 0.6 is 0 Å². The Balaban J connectivity index is 0.634. The highest BCUT2D eigenvalue weighted by Crippen LogP contribution is 2.51. The summed E-state index contributed by atoms with van der Waals surface area (Å²) in [5.41, 5.74) is -0.515. The molecule has 10 aliphatic heterocycles. The molecule has 78 heavy (non-hydrogen) atoms. The molecule has 3 aromatic rings. The van der Waals surface area contributed by atoms with E-state index in [-0.39, 0.29) is 111 Å². The van der Waals surface area contributed by atoms with Crippen LogP contribution in [0.2, 0.25) is 0 Å². The summed E-state index contributed by atoms with van der Waals surface area (Å²) in [5.74, 6) is -0.275. The highest BCUT2D eigenvalue weighted by Gasteiger charge is 2.59. The predicted octanol–water partition coefficient (Wildman–Crippen LogP) is 9.87. The van der Waals surface area contributed by atoms with E-state index in [2.05, 4.69) is 71.1 Å². The molecule has 9 unspecified atom stereocenters. The van der Waals surface area contributed by atoms with Gasteiger partial charge in [0.25, 0.3) is 0 Å². The van der Waals surface area contributed by atoms with E-state index in [0.717, 1.165) is 59.2 Å². The summed E-state index contributed by atoms with van der Waals surface area (Å²) in [5, 5.41) is 15.3. The van der Waals surface area contributed by atoms with Gasteiger partial charge in [-0.3, -0.25) is 4.79 Å². The molecule has 0 bridgehead atoms. The Kier molecular flexibility index (Phi) is 14.6. The van der Waals surface area contributed by atoms with Gasteiger partial charge in [-0.2, -0.15) is 0 Å². The Morgan fingerprint density at radius 3 is 2.21 bits per heavy atom. The van der Waals surface area contributed by atoms with Crippen LogP contribution in [0, 0.1) is 12.3 Å². The number of fused-ring (bicyclic) bond motifs is 11. The van der Waals surface area contributed by atoms with Crippen molar-refractivity contribution in [3.05, 3.63) is 103 Å². The van der Waals surface area contributed by atoms with Crippen LogP contribution in [0.15, 0.2) is 91.1 Å². The molecule has 0 aromatic heterocycles. The van der Waals surface area contributed by atoms with Gasteiger partial charge < -0.3 is 57.2 Å². The fourth-order valence-corrected chi connectivity index (χ4v) is 15.5. The Morgan fingerprint density at radius 2 is 1.40 bits per heavy atom. The van der Waals surface area contributed by atoms with E-state index in [0.29, 0.717) is 69.3 Å². The zero-order chi connectivity index (χ0) is 53.5. The van der Waals surface area contributed by atoms with E-state index < -0.39 is 35.0 Å². The van der Waals surface area contributed by atoms with Gasteiger partial charge >= 0.3 is 11.9 Å². The summed E-state index contributed by atoms with van der Waals surface area (Å²) < 4.78 is 74.9. The summed E-state index contributed by atoms with van der Waals surface area (Å²) in [4.78, 5) is 26.2. The molecule has 14 nitrogen and oxygen atoms in total. The van der Waals surface area contributed by atoms with Crippen molar-refractivity contribution in [1.29, 1.82) is 0 Å². The SMILES string of the molecule is C=C(COC(=O)c1c2ccccc2cc2ccccc12)C[C@@H]1C[C@H](O)[C@@H]2O[C@@H]3C[C@]4(C)O[C@@H]5/C=C\C[C@@H]6O[C@@H]7[CH]C[C@]8(C)O[C@]9(C)C[C@H](C)C[C@@H]%10OC(=O)CC%10OC9CC8OC7C/C=C\CC6OC5CCCC4OC3CC2O1. The fraction of sp³-hybridized carbons (Fsp3) is 0.641. The maximum absolute atomic E-state index is 13.7. The van der Waals surface area contributed by atoms with Crippen molar-refractivity contribution < 1.29 is 66.8 Å². The van der Waals surface area contributed by atoms with Crippen LogP contribution in [-0.2, 0) is 56.9 Å². The van der Waals surface area contributed by atoms with Crippen molar-refractivity contribution >= 4 is 33.5 Å². The number of aliphatic hydroxyl groups excluding tert-OH is 1. The average Bonchev–Trinajstić information content (AvgIpc) is 3.85. The van der Waals surface area contributed by atoms with Crippen molar-refractivity contribution in [2.75, 3.05) is 6.61 Å². The van der Waals surface area contributed by atoms with Crippen LogP contribution in [0.4, 0.5) is 0 Å². The molecule has 14 heteroatoms. The molecule has 8 fully saturated rings. The van der Waals surface area contributed by atoms with Crippen LogP contribution in [0.25, 0.3) is 21.5 Å². The van der Waals surface area contributed by atoms with Crippen LogP contribution in [0.1, 0.15) is 134 Å². The molecule has 0 spiro atoms. The van der Waals surface area contributed by atoms with Crippen LogP contribution in [-0.4, -0.2) is 144 Å². The summed E-state index contributed by atoms with van der Waals surface area (Å²) >= 11 is 0. The molecule has 1 N–H and O–H groups in total. The van der Waals surface area contributed by atoms with Crippen molar-refractivity contribution in [3.63, 3.8) is 0 Å². The standard InChI is InChI=1S/C64H79O14/c1-36-27-50-52(31-58(66)75-50)74-57-32-56-62(3,78-64(57,5)33-36)25-24-48-46(72-56)19-11-10-18-44-45(71-48)20-12-22-49-47(70-44)21-13-23-55-63(4,77-49)34-54-51(73-55)30-53-60(76-54)43(65)29-40(69-53)26-37(2)35-68-61(67)59-41-16-8-6-14-38(41)28-39-15-7-9-17-42(39)59/h6-12,14-17,22,24,28,36,40,43-57,60,65H,2,13,18-21,23,25-27,29-35H2,1,3-5H3/b11-10-,22-12-/t36-,40-,43+,44?,45+,46?,47?,48-,49-,50+,51?,52?,53?,54-,55?,56?,57?,60+,62+,63+,64-/m1/s1. The normalized spacial score (nSPS) is 45.2. The minimum absolute atomic E-state index is 0.0473. The summed E-state index contributed by atoms with van der Waals surface area (Å²) in [6.07, 6.45) is 16.0. The van der Waals surface area contributed by atoms with Crippen molar-refractivity contribution in [2.45, 2.75) is 245 Å². The van der Waals surface area contributed by atoms with E-state index in [1.165, 1.54) is 0 Å². The third kappa shape index (κ3) is 10.4. The van der Waals surface area contributed by atoms with Gasteiger partial charge in [0, 0.05) is 25.7 Å². The number of benzene rings is 3. The molecule has 0 saturated carbocycles. The van der Waals surface area contributed by atoms with Crippen molar-refractivity contribution in [2.24, 2.45) is 5.92 Å². The Bertz CT molecular complexity index is 2740. The van der Waals surface area contributed by atoms with Crippen molar-refractivity contribution in [1.82, 2.24) is 0 Å². The van der Waals surface area contributed by atoms with E-state index in [1.807, 2.05) is 48.5 Å². The third-order valence-electron chi connectivity index (χ3n) is 19.3. The molecule has 1 radical (unpaired) electrons. The molecular formula is C64H79O14. The van der Waals surface area contributed by atoms with Gasteiger partial charge in [0.2, 0.25) is 0 Å². The van der Waals surface area contributed by atoms with Crippen molar-refractivity contribution in [3.8, 4) is 0 Å². The lowest BCUT2D eigenvalue weighted by Crippen LogP contribution is -2.65. The molecule has 21 atom stereocenters. The van der Waals surface area contributed by atoms with Crippen LogP contribution in [0.5, 0.6) is 0 Å². The first-order valence-corrected chi connectivity index (χ1v) is 29.4. The monoisotopic (exact) mass is 1070 g/mol. The van der Waals surface area contributed by atoms with Gasteiger partial charge in [0.15, 0.2) is 0 Å². The Labute approximate surface area is 458 Å². The number of hydrogen-bond donors (Lipinski definition) is 1. The van der Waals surface area contributed by atoms with E-state index in [4.69, 9.17) is 52.1 Å². The van der Waals surface area contributed by atoms with E-state index in [1.54, 1.807) is 0 Å². The number of carbonyl (C=O) groups excluding carboxylic acids is 2. The van der Waals surface area contributed by atoms with Crippen LogP contribution in [0.3, 0.4) is 0 Å². The lowest BCUT2D eigenvalue weighted by Gasteiger charge is -2.55. The molecule has 8 saturated heterocycles. The molecule has 0 amide bonds. The molecule has 419 valence electrons. The van der Waals surface area contributed by atoms with Gasteiger partial charge in [0.05, 0.1) is 108 Å². The molecular weight excluding hydrogens is 993 g/mol. The first-order chi connectivity index (χ1) is 37.7. The maximum atomic E-state index is 13.7. The summed E-state index contributed by atoms with van der Waals surface area (Å²) in [7, 11) is 0. The maximum Gasteiger partial charge on any atom is 0.339 e. The average molecular weight is 1070 g/mol. The Morgan fingerprint density at radius 1 is 0.679 bits per heavy atom. The first-order valence-electron chi connectivity index (χ1n) is 29.4. The van der Waals surface area contributed by atoms with E-state index in [9.17, 15) is 14.7 Å². The van der Waals surface area contributed by atoms with Gasteiger partial charge in [-0.15, -0.1) is 0 Å². The van der Waals surface area contributed by atoms with E-state index >= 15 is 0 Å². The number of ether oxygens (including phenoxy) is 11. The number of esters is 2. The van der Waals surface area contributed by atoms with Gasteiger partial charge in [-0.25, -0.2) is 4.79 Å². The topological polar surface area (TPSA) is 156 Å². The minimum atomic E-state index is -0.748. The summed E-state index contributed by atoms with van der Waals surface area (Å²) in [6, 6.07) is 17.8. The van der Waals surface area contributed by atoms with Crippen LogP contribution < -0.4 is 0 Å². The van der Waals surface area contributed by atoms with Gasteiger partial charge in [-0.1, -0.05) is 86.3 Å². The predicted molar refractivity (Wildman–Crippen MR) is 290 cm³/mol. The van der Waals surface area contributed by atoms with Gasteiger partial charge in [-0.05, 0) is 131 Å². The second-order valence-corrected chi connectivity index (χ2v) is 25.4. The number of rotatable bonds is 5. The van der Waals surface area contributed by atoms with Gasteiger partial charge in [0.1, 0.15) is 31.0 Å². The number of carbonyl (C=O) groups is 2. The Hall–Kier alpha value is -4.06. The second-order valence-electron chi connectivity index (χ2n) is 25.4. The highest BCUT2D eigenvalue weighted by atomic mass is 16.6. The molecule has 10 heterocycles. The fourth-order valence-electron chi connectivity index (χ4n) is 15.5. The minimum Gasteiger partial charge on any atom is -0.459 e. The second kappa shape index (κ2) is 21.4. The number of aliphatic hydroxyl groups is 1.